The van der Waals surface area contributed by atoms with Crippen molar-refractivity contribution < 1.29 is 4.74 Å². The minimum Gasteiger partial charge on any atom is -0.464 e. The van der Waals surface area contributed by atoms with Crippen LogP contribution < -0.4 is 4.74 Å². The van der Waals surface area contributed by atoms with Crippen molar-refractivity contribution in [1.82, 2.24) is 34.7 Å². The smallest absolute Gasteiger partial charge is 0.304 e. The van der Waals surface area contributed by atoms with E-state index in [0.29, 0.717) is 25.0 Å². The average molecular weight is 321 g/mol. The number of pyridine rings is 1. The van der Waals surface area contributed by atoms with E-state index in [-0.39, 0.29) is 0 Å². The minimum atomic E-state index is 0.463. The maximum atomic E-state index is 5.91. The Morgan fingerprint density at radius 2 is 1.96 bits per heavy atom. The number of rotatable bonds is 5. The third-order valence-corrected chi connectivity index (χ3v) is 3.64. The van der Waals surface area contributed by atoms with E-state index in [1.807, 2.05) is 47.0 Å². The molecule has 8 heteroatoms. The second kappa shape index (κ2) is 6.07. The largest absolute Gasteiger partial charge is 0.464 e. The van der Waals surface area contributed by atoms with Gasteiger partial charge in [0.2, 0.25) is 0 Å². The van der Waals surface area contributed by atoms with Crippen molar-refractivity contribution in [3.05, 3.63) is 54.4 Å². The Hall–Kier alpha value is -3.29. The molecule has 3 aromatic heterocycles. The van der Waals surface area contributed by atoms with Crippen LogP contribution in [-0.4, -0.2) is 41.3 Å². The molecular weight excluding hydrogens is 306 g/mol. The van der Waals surface area contributed by atoms with Crippen molar-refractivity contribution in [2.45, 2.75) is 6.42 Å². The van der Waals surface area contributed by atoms with Crippen LogP contribution in [-0.2, 0) is 13.5 Å². The van der Waals surface area contributed by atoms with Crippen molar-refractivity contribution >= 4 is 11.0 Å². The van der Waals surface area contributed by atoms with Crippen LogP contribution in [0, 0.1) is 0 Å². The van der Waals surface area contributed by atoms with Crippen LogP contribution in [0.5, 0.6) is 6.01 Å². The van der Waals surface area contributed by atoms with Gasteiger partial charge < -0.3 is 4.74 Å². The highest BCUT2D eigenvalue weighted by molar-refractivity contribution is 5.78. The number of para-hydroxylation sites is 2. The van der Waals surface area contributed by atoms with E-state index in [1.165, 1.54) is 0 Å². The summed E-state index contributed by atoms with van der Waals surface area (Å²) in [5.41, 5.74) is 2.69. The molecule has 0 N–H and O–H groups in total. The third kappa shape index (κ3) is 2.58. The van der Waals surface area contributed by atoms with E-state index < -0.39 is 0 Å². The Morgan fingerprint density at radius 1 is 1.08 bits per heavy atom. The molecule has 4 rings (SSSR count). The van der Waals surface area contributed by atoms with E-state index in [1.54, 1.807) is 17.9 Å². The summed E-state index contributed by atoms with van der Waals surface area (Å²) in [4.78, 5) is 8.85. The summed E-state index contributed by atoms with van der Waals surface area (Å²) in [5.74, 6) is 0.552. The normalized spacial score (nSPS) is 11.0. The van der Waals surface area contributed by atoms with Gasteiger partial charge in [0, 0.05) is 25.4 Å². The van der Waals surface area contributed by atoms with Gasteiger partial charge in [0.15, 0.2) is 0 Å². The van der Waals surface area contributed by atoms with Crippen molar-refractivity contribution in [3.63, 3.8) is 0 Å². The van der Waals surface area contributed by atoms with Crippen LogP contribution in [0.1, 0.15) is 5.69 Å². The maximum Gasteiger partial charge on any atom is 0.304 e. The van der Waals surface area contributed by atoms with Gasteiger partial charge >= 0.3 is 6.01 Å². The molecule has 1 aromatic carbocycles. The van der Waals surface area contributed by atoms with Crippen molar-refractivity contribution in [1.29, 1.82) is 0 Å². The molecule has 0 aliphatic heterocycles. The maximum absolute atomic E-state index is 5.91. The zero-order valence-corrected chi connectivity index (χ0v) is 13.1. The van der Waals surface area contributed by atoms with Gasteiger partial charge in [-0.25, -0.2) is 9.25 Å². The number of imidazole rings is 1. The fraction of sp³-hybridized carbons (Fsp3) is 0.188. The molecule has 24 heavy (non-hydrogen) atoms. The fourth-order valence-electron chi connectivity index (χ4n) is 2.50. The number of tetrazole rings is 1. The number of aromatic nitrogens is 7. The van der Waals surface area contributed by atoms with Crippen molar-refractivity contribution in [2.24, 2.45) is 7.05 Å². The Bertz CT molecular complexity index is 961. The Labute approximate surface area is 137 Å². The lowest BCUT2D eigenvalue weighted by molar-refractivity contribution is 0.290. The molecule has 0 radical (unpaired) electrons. The molecule has 3 heterocycles. The van der Waals surface area contributed by atoms with Gasteiger partial charge in [-0.05, 0) is 34.7 Å². The van der Waals surface area contributed by atoms with Gasteiger partial charge in [-0.3, -0.25) is 4.98 Å². The van der Waals surface area contributed by atoms with Gasteiger partial charge in [0.25, 0.3) is 5.95 Å². The Balaban J connectivity index is 1.66. The summed E-state index contributed by atoms with van der Waals surface area (Å²) in [6.07, 6.45) is 2.47. The summed E-state index contributed by atoms with van der Waals surface area (Å²) in [6.45, 7) is 0.464. The van der Waals surface area contributed by atoms with Crippen molar-refractivity contribution in [2.75, 3.05) is 6.61 Å². The molecule has 0 saturated heterocycles. The van der Waals surface area contributed by atoms with Gasteiger partial charge in [-0.15, -0.1) is 0 Å². The topological polar surface area (TPSA) is 83.5 Å². The van der Waals surface area contributed by atoms with E-state index >= 15 is 0 Å². The molecule has 0 unspecified atom stereocenters. The number of hydrogen-bond acceptors (Lipinski definition) is 6. The lowest BCUT2D eigenvalue weighted by Gasteiger charge is -2.08. The molecule has 0 spiro atoms. The summed E-state index contributed by atoms with van der Waals surface area (Å²) < 4.78 is 9.30. The molecule has 4 aromatic rings. The molecule has 0 fully saturated rings. The summed E-state index contributed by atoms with van der Waals surface area (Å²) in [7, 11) is 1.78. The van der Waals surface area contributed by atoms with Crippen LogP contribution in [0.4, 0.5) is 0 Å². The zero-order chi connectivity index (χ0) is 16.4. The number of aryl methyl sites for hydroxylation is 1. The molecule has 0 amide bonds. The lowest BCUT2D eigenvalue weighted by Crippen LogP contribution is -2.10. The number of hydrogen-bond donors (Lipinski definition) is 0. The van der Waals surface area contributed by atoms with Gasteiger partial charge in [0.05, 0.1) is 17.6 Å². The molecule has 0 bridgehead atoms. The van der Waals surface area contributed by atoms with E-state index in [4.69, 9.17) is 4.74 Å². The standard InChI is InChI=1S/C16H15N7O/c1-22-15(19-20-21-22)23-14-8-3-2-7-13(14)18-16(23)24-11-9-12-6-4-5-10-17-12/h2-8,10H,9,11H2,1H3. The summed E-state index contributed by atoms with van der Waals surface area (Å²) >= 11 is 0. The number of nitrogens with zero attached hydrogens (tertiary/aromatic N) is 7. The number of benzene rings is 1. The second-order valence-electron chi connectivity index (χ2n) is 5.24. The molecule has 8 nitrogen and oxygen atoms in total. The third-order valence-electron chi connectivity index (χ3n) is 3.64. The fourth-order valence-corrected chi connectivity index (χ4v) is 2.50. The predicted molar refractivity (Wildman–Crippen MR) is 86.9 cm³/mol. The van der Waals surface area contributed by atoms with Gasteiger partial charge in [-0.2, -0.15) is 4.98 Å². The average Bonchev–Trinajstić information content (AvgIpc) is 3.18. The molecule has 0 aliphatic carbocycles. The quantitative estimate of drug-likeness (QED) is 0.555. The summed E-state index contributed by atoms with van der Waals surface area (Å²) in [5, 5.41) is 11.7. The van der Waals surface area contributed by atoms with Gasteiger partial charge in [-0.1, -0.05) is 23.3 Å². The van der Waals surface area contributed by atoms with E-state index in [2.05, 4.69) is 25.5 Å². The first-order valence-corrected chi connectivity index (χ1v) is 7.56. The SMILES string of the molecule is Cn1nnnc1-n1c(OCCc2ccccn2)nc2ccccc21. The summed E-state index contributed by atoms with van der Waals surface area (Å²) in [6, 6.07) is 14.1. The van der Waals surface area contributed by atoms with Crippen LogP contribution in [0.25, 0.3) is 17.0 Å². The number of ether oxygens (including phenoxy) is 1. The molecule has 120 valence electrons. The minimum absolute atomic E-state index is 0.463. The Morgan fingerprint density at radius 3 is 2.75 bits per heavy atom. The van der Waals surface area contributed by atoms with Crippen LogP contribution in [0.15, 0.2) is 48.7 Å². The molecule has 0 atom stereocenters. The van der Waals surface area contributed by atoms with Crippen LogP contribution in [0.2, 0.25) is 0 Å². The monoisotopic (exact) mass is 321 g/mol. The molecule has 0 saturated carbocycles. The number of fused-ring (bicyclic) bond motifs is 1. The van der Waals surface area contributed by atoms with Crippen molar-refractivity contribution in [3.8, 4) is 12.0 Å². The van der Waals surface area contributed by atoms with Crippen LogP contribution >= 0.6 is 0 Å². The van der Waals surface area contributed by atoms with Crippen LogP contribution in [0.3, 0.4) is 0 Å². The molecule has 0 aliphatic rings. The first-order valence-electron chi connectivity index (χ1n) is 7.56. The van der Waals surface area contributed by atoms with E-state index in [9.17, 15) is 0 Å². The zero-order valence-electron chi connectivity index (χ0n) is 13.1. The second-order valence-corrected chi connectivity index (χ2v) is 5.24. The Kier molecular flexibility index (Phi) is 3.62. The highest BCUT2D eigenvalue weighted by Crippen LogP contribution is 2.24. The van der Waals surface area contributed by atoms with Gasteiger partial charge in [0.1, 0.15) is 0 Å². The van der Waals surface area contributed by atoms with E-state index in [0.717, 1.165) is 16.7 Å². The molecular formula is C16H15N7O. The highest BCUT2D eigenvalue weighted by Gasteiger charge is 2.17. The first-order chi connectivity index (χ1) is 11.8. The highest BCUT2D eigenvalue weighted by atomic mass is 16.5. The predicted octanol–water partition coefficient (Wildman–Crippen LogP) is 1.57. The lowest BCUT2D eigenvalue weighted by atomic mass is 10.3. The first kappa shape index (κ1) is 14.3.